The van der Waals surface area contributed by atoms with Crippen LogP contribution in [0.1, 0.15) is 6.92 Å². The van der Waals surface area contributed by atoms with Gasteiger partial charge in [0, 0.05) is 35.2 Å². The molecule has 0 saturated carbocycles. The first-order valence-corrected chi connectivity index (χ1v) is 13.2. The van der Waals surface area contributed by atoms with Crippen LogP contribution in [-0.2, 0) is 10.0 Å². The highest BCUT2D eigenvalue weighted by molar-refractivity contribution is 7.92. The van der Waals surface area contributed by atoms with Gasteiger partial charge in [0.1, 0.15) is 29.3 Å². The molecule has 0 aliphatic heterocycles. The summed E-state index contributed by atoms with van der Waals surface area (Å²) in [4.78, 5) is 23.8. The molecule has 0 atom stereocenters. The highest BCUT2D eigenvalue weighted by Gasteiger charge is 2.15. The highest BCUT2D eigenvalue weighted by atomic mass is 32.2. The fraction of sp³-hybridized carbons (Fsp3) is 0.0769. The molecule has 0 aliphatic carbocycles. The van der Waals surface area contributed by atoms with Gasteiger partial charge in [-0.1, -0.05) is 0 Å². The molecular formula is C26H20F2N6O4S. The lowest BCUT2D eigenvalue weighted by Crippen LogP contribution is -2.15. The van der Waals surface area contributed by atoms with Gasteiger partial charge in [-0.3, -0.25) is 14.6 Å². The molecule has 10 nitrogen and oxygen atoms in total. The third-order valence-corrected chi connectivity index (χ3v) is 7.12. The Kier molecular flexibility index (Phi) is 6.66. The first-order valence-electron chi connectivity index (χ1n) is 11.5. The Morgan fingerprint density at radius 2 is 1.74 bits per heavy atom. The Balaban J connectivity index is 1.58. The van der Waals surface area contributed by atoms with Gasteiger partial charge in [0.2, 0.25) is 10.0 Å². The minimum atomic E-state index is -3.65. The molecule has 39 heavy (non-hydrogen) atoms. The zero-order chi connectivity index (χ0) is 27.7. The zero-order valence-electron chi connectivity index (χ0n) is 20.3. The first kappa shape index (κ1) is 25.7. The van der Waals surface area contributed by atoms with E-state index in [0.29, 0.717) is 33.5 Å². The van der Waals surface area contributed by atoms with Crippen LogP contribution in [-0.4, -0.2) is 44.9 Å². The molecule has 3 heterocycles. The second-order valence-corrected chi connectivity index (χ2v) is 10.5. The van der Waals surface area contributed by atoms with Crippen molar-refractivity contribution < 1.29 is 27.1 Å². The van der Waals surface area contributed by atoms with Crippen molar-refractivity contribution in [1.29, 1.82) is 0 Å². The minimum Gasteiger partial charge on any atom is -0.465 e. The number of nitrogens with zero attached hydrogens (tertiary/aromatic N) is 4. The Labute approximate surface area is 221 Å². The van der Waals surface area contributed by atoms with E-state index < -0.39 is 27.8 Å². The predicted octanol–water partition coefficient (Wildman–Crippen LogP) is 5.28. The molecule has 1 amide bonds. The third-order valence-electron chi connectivity index (χ3n) is 5.81. The Hall–Kier alpha value is -4.91. The molecule has 2 aromatic carbocycles. The molecule has 3 aromatic heterocycles. The molecule has 198 valence electrons. The van der Waals surface area contributed by atoms with Crippen molar-refractivity contribution in [2.24, 2.45) is 0 Å². The second-order valence-electron chi connectivity index (χ2n) is 8.44. The van der Waals surface area contributed by atoms with Crippen molar-refractivity contribution in [3.63, 3.8) is 0 Å². The van der Waals surface area contributed by atoms with Crippen LogP contribution in [0.4, 0.5) is 25.1 Å². The van der Waals surface area contributed by atoms with Crippen molar-refractivity contribution in [2.75, 3.05) is 15.8 Å². The van der Waals surface area contributed by atoms with E-state index in [1.807, 2.05) is 0 Å². The average Bonchev–Trinajstić information content (AvgIpc) is 3.32. The number of carboxylic acid groups (broad SMARTS) is 1. The van der Waals surface area contributed by atoms with Gasteiger partial charge < -0.3 is 5.11 Å². The number of nitrogens with one attached hydrogen (secondary N) is 2. The summed E-state index contributed by atoms with van der Waals surface area (Å²) in [6, 6.07) is 12.8. The molecule has 5 aromatic rings. The van der Waals surface area contributed by atoms with E-state index in [1.54, 1.807) is 35.0 Å². The van der Waals surface area contributed by atoms with Crippen molar-refractivity contribution >= 4 is 38.8 Å². The number of hydrogen-bond donors (Lipinski definition) is 3. The number of benzene rings is 2. The summed E-state index contributed by atoms with van der Waals surface area (Å²) < 4.78 is 56.8. The molecule has 0 aliphatic rings. The summed E-state index contributed by atoms with van der Waals surface area (Å²) in [5.41, 5.74) is 3.35. The molecule has 13 heteroatoms. The summed E-state index contributed by atoms with van der Waals surface area (Å²) >= 11 is 0. The Bertz CT molecular complexity index is 1820. The quantitative estimate of drug-likeness (QED) is 0.251. The number of hydrogen-bond acceptors (Lipinski definition) is 6. The average molecular weight is 551 g/mol. The molecular weight excluding hydrogens is 530 g/mol. The third kappa shape index (κ3) is 5.52. The van der Waals surface area contributed by atoms with Crippen LogP contribution in [0.5, 0.6) is 0 Å². The van der Waals surface area contributed by atoms with Crippen molar-refractivity contribution in [2.45, 2.75) is 6.92 Å². The summed E-state index contributed by atoms with van der Waals surface area (Å²) in [6.45, 7) is 1.49. The van der Waals surface area contributed by atoms with Gasteiger partial charge in [0.25, 0.3) is 0 Å². The lowest BCUT2D eigenvalue weighted by Gasteiger charge is -2.13. The SMILES string of the molecule is CCS(=O)(=O)Nc1cc(-c2ccc(F)cc2F)cc(-n2cnc3cc(-c4ccc(NC(=O)O)nc4)cnc32)c1. The highest BCUT2D eigenvalue weighted by Crippen LogP contribution is 2.31. The van der Waals surface area contributed by atoms with E-state index in [-0.39, 0.29) is 22.8 Å². The molecule has 0 fully saturated rings. The molecule has 0 spiro atoms. The number of rotatable bonds is 7. The summed E-state index contributed by atoms with van der Waals surface area (Å²) in [7, 11) is -3.65. The number of imidazole rings is 1. The van der Waals surface area contributed by atoms with Gasteiger partial charge in [0.05, 0.1) is 17.1 Å². The Morgan fingerprint density at radius 1 is 0.949 bits per heavy atom. The van der Waals surface area contributed by atoms with E-state index in [1.165, 1.54) is 37.6 Å². The van der Waals surface area contributed by atoms with Crippen LogP contribution >= 0.6 is 0 Å². The van der Waals surface area contributed by atoms with Crippen LogP contribution in [0.3, 0.4) is 0 Å². The molecule has 0 radical (unpaired) electrons. The summed E-state index contributed by atoms with van der Waals surface area (Å²) in [5, 5.41) is 11.0. The summed E-state index contributed by atoms with van der Waals surface area (Å²) in [5.74, 6) is -1.52. The minimum absolute atomic E-state index is 0.0863. The monoisotopic (exact) mass is 550 g/mol. The van der Waals surface area contributed by atoms with Gasteiger partial charge in [0.15, 0.2) is 5.65 Å². The van der Waals surface area contributed by atoms with E-state index in [2.05, 4.69) is 25.0 Å². The number of carbonyl (C=O) groups is 1. The molecule has 5 rings (SSSR count). The number of sulfonamides is 1. The number of pyridine rings is 2. The largest absolute Gasteiger partial charge is 0.465 e. The van der Waals surface area contributed by atoms with E-state index >= 15 is 0 Å². The van der Waals surface area contributed by atoms with Crippen LogP contribution in [0, 0.1) is 11.6 Å². The second kappa shape index (κ2) is 10.1. The number of halogens is 2. The number of anilines is 2. The number of amides is 1. The van der Waals surface area contributed by atoms with Crippen molar-refractivity contribution in [3.05, 3.63) is 85.0 Å². The van der Waals surface area contributed by atoms with Gasteiger partial charge in [-0.15, -0.1) is 0 Å². The van der Waals surface area contributed by atoms with E-state index in [9.17, 15) is 22.0 Å². The maximum absolute atomic E-state index is 14.6. The van der Waals surface area contributed by atoms with Crippen molar-refractivity contribution in [1.82, 2.24) is 19.5 Å². The fourth-order valence-electron chi connectivity index (χ4n) is 3.94. The molecule has 0 bridgehead atoms. The predicted molar refractivity (Wildman–Crippen MR) is 142 cm³/mol. The van der Waals surface area contributed by atoms with Crippen LogP contribution in [0.2, 0.25) is 0 Å². The topological polar surface area (TPSA) is 139 Å². The van der Waals surface area contributed by atoms with Crippen LogP contribution in [0.25, 0.3) is 39.1 Å². The smallest absolute Gasteiger partial charge is 0.410 e. The van der Waals surface area contributed by atoms with E-state index in [4.69, 9.17) is 5.11 Å². The Morgan fingerprint density at radius 3 is 2.44 bits per heavy atom. The number of aromatic nitrogens is 4. The standard InChI is InChI=1S/C26H20F2N6O4S/c1-2-39(37,38)33-19-7-16(21-5-4-18(27)10-22(21)28)8-20(11-19)34-14-31-23-9-17(13-30-25(23)34)15-3-6-24(29-12-15)32-26(35)36/h3-14,33H,2H2,1H3,(H,29,32)(H,35,36). The lowest BCUT2D eigenvalue weighted by atomic mass is 10.0. The van der Waals surface area contributed by atoms with Crippen molar-refractivity contribution in [3.8, 4) is 27.9 Å². The summed E-state index contributed by atoms with van der Waals surface area (Å²) in [6.07, 6.45) is 3.36. The van der Waals surface area contributed by atoms with Gasteiger partial charge in [-0.2, -0.15) is 0 Å². The lowest BCUT2D eigenvalue weighted by molar-refractivity contribution is 0.209. The zero-order valence-corrected chi connectivity index (χ0v) is 21.1. The molecule has 0 saturated heterocycles. The van der Waals surface area contributed by atoms with E-state index in [0.717, 1.165) is 12.1 Å². The molecule has 3 N–H and O–H groups in total. The fourth-order valence-corrected chi connectivity index (χ4v) is 4.56. The van der Waals surface area contributed by atoms with Crippen LogP contribution < -0.4 is 10.0 Å². The molecule has 0 unspecified atom stereocenters. The number of fused-ring (bicyclic) bond motifs is 1. The van der Waals surface area contributed by atoms with Crippen LogP contribution in [0.15, 0.2) is 73.3 Å². The van der Waals surface area contributed by atoms with Gasteiger partial charge >= 0.3 is 6.09 Å². The van der Waals surface area contributed by atoms with Gasteiger partial charge in [-0.25, -0.2) is 36.9 Å². The maximum atomic E-state index is 14.6. The maximum Gasteiger partial charge on any atom is 0.410 e. The first-order chi connectivity index (χ1) is 18.6. The van der Waals surface area contributed by atoms with Gasteiger partial charge in [-0.05, 0) is 61.0 Å². The normalized spacial score (nSPS) is 11.5.